The Labute approximate surface area is 110 Å². The Balaban J connectivity index is 2.17. The highest BCUT2D eigenvalue weighted by atomic mass is 16.5. The summed E-state index contributed by atoms with van der Waals surface area (Å²) in [5.41, 5.74) is 1.28. The van der Waals surface area contributed by atoms with E-state index >= 15 is 0 Å². The molecular weight excluding hydrogens is 224 g/mol. The zero-order valence-corrected chi connectivity index (χ0v) is 11.8. The van der Waals surface area contributed by atoms with Crippen LogP contribution in [0.4, 0.5) is 0 Å². The van der Waals surface area contributed by atoms with Crippen LogP contribution in [0.1, 0.15) is 32.4 Å². The molecule has 2 rings (SSSR count). The van der Waals surface area contributed by atoms with Crippen LogP contribution in [0, 0.1) is 0 Å². The molecule has 1 N–H and O–H groups in total. The number of nitrogens with zero attached hydrogens (tertiary/aromatic N) is 1. The number of benzene rings is 1. The van der Waals surface area contributed by atoms with E-state index in [0.717, 1.165) is 18.8 Å². The van der Waals surface area contributed by atoms with Crippen molar-refractivity contribution in [1.29, 1.82) is 0 Å². The molecule has 1 aliphatic heterocycles. The summed E-state index contributed by atoms with van der Waals surface area (Å²) < 4.78 is 5.47. The van der Waals surface area contributed by atoms with Gasteiger partial charge in [-0.25, -0.2) is 0 Å². The zero-order chi connectivity index (χ0) is 13.1. The Morgan fingerprint density at radius 3 is 2.44 bits per heavy atom. The molecule has 3 unspecified atom stereocenters. The average Bonchev–Trinajstić information content (AvgIpc) is 2.36. The third-order valence-electron chi connectivity index (χ3n) is 3.72. The Kier molecular flexibility index (Phi) is 4.25. The Hall–Kier alpha value is -1.06. The second kappa shape index (κ2) is 5.72. The van der Waals surface area contributed by atoms with Gasteiger partial charge in [-0.05, 0) is 26.8 Å². The van der Waals surface area contributed by atoms with Gasteiger partial charge in [0.2, 0.25) is 0 Å². The van der Waals surface area contributed by atoms with E-state index in [1.54, 1.807) is 7.11 Å². The van der Waals surface area contributed by atoms with Gasteiger partial charge in [-0.2, -0.15) is 0 Å². The minimum Gasteiger partial charge on any atom is -0.496 e. The van der Waals surface area contributed by atoms with E-state index in [4.69, 9.17) is 4.74 Å². The van der Waals surface area contributed by atoms with Crippen molar-refractivity contribution < 1.29 is 4.74 Å². The summed E-state index contributed by atoms with van der Waals surface area (Å²) in [7, 11) is 1.74. The molecule has 0 aliphatic carbocycles. The van der Waals surface area contributed by atoms with Gasteiger partial charge in [0.1, 0.15) is 5.75 Å². The number of hydrogen-bond acceptors (Lipinski definition) is 3. The highest BCUT2D eigenvalue weighted by molar-refractivity contribution is 5.35. The molecule has 1 aliphatic rings. The predicted molar refractivity (Wildman–Crippen MR) is 75.0 cm³/mol. The van der Waals surface area contributed by atoms with Gasteiger partial charge in [0.05, 0.1) is 7.11 Å². The SMILES string of the molecule is COc1ccccc1C(C)N1CC(C)NC(C)C1. The molecule has 0 bridgehead atoms. The molecule has 3 atom stereocenters. The van der Waals surface area contributed by atoms with Crippen molar-refractivity contribution in [1.82, 2.24) is 10.2 Å². The molecule has 1 heterocycles. The summed E-state index contributed by atoms with van der Waals surface area (Å²) in [4.78, 5) is 2.53. The molecule has 1 aromatic rings. The fourth-order valence-electron chi connectivity index (χ4n) is 2.89. The largest absolute Gasteiger partial charge is 0.496 e. The third-order valence-corrected chi connectivity index (χ3v) is 3.72. The molecular formula is C15H24N2O. The number of para-hydroxylation sites is 1. The second-order valence-electron chi connectivity index (χ2n) is 5.34. The standard InChI is InChI=1S/C15H24N2O/c1-11-9-17(10-12(2)16-11)13(3)14-7-5-6-8-15(14)18-4/h5-8,11-13,16H,9-10H2,1-4H3. The van der Waals surface area contributed by atoms with Crippen LogP contribution in [0.5, 0.6) is 5.75 Å². The minimum absolute atomic E-state index is 0.396. The maximum Gasteiger partial charge on any atom is 0.123 e. The number of piperazine rings is 1. The molecule has 0 amide bonds. The lowest BCUT2D eigenvalue weighted by atomic mass is 10.0. The molecule has 0 saturated carbocycles. The summed E-state index contributed by atoms with van der Waals surface area (Å²) in [6.45, 7) is 8.94. The summed E-state index contributed by atoms with van der Waals surface area (Å²) >= 11 is 0. The van der Waals surface area contributed by atoms with Gasteiger partial charge in [-0.1, -0.05) is 18.2 Å². The van der Waals surface area contributed by atoms with E-state index in [9.17, 15) is 0 Å². The highest BCUT2D eigenvalue weighted by Gasteiger charge is 2.26. The summed E-state index contributed by atoms with van der Waals surface area (Å²) in [6.07, 6.45) is 0. The van der Waals surface area contributed by atoms with Gasteiger partial charge >= 0.3 is 0 Å². The van der Waals surface area contributed by atoms with E-state index in [-0.39, 0.29) is 0 Å². The molecule has 1 fully saturated rings. The van der Waals surface area contributed by atoms with E-state index in [0.29, 0.717) is 18.1 Å². The van der Waals surface area contributed by atoms with Crippen molar-refractivity contribution >= 4 is 0 Å². The van der Waals surface area contributed by atoms with Crippen molar-refractivity contribution in [2.24, 2.45) is 0 Å². The third kappa shape index (κ3) is 2.85. The lowest BCUT2D eigenvalue weighted by Gasteiger charge is -2.40. The number of rotatable bonds is 3. The molecule has 1 saturated heterocycles. The Bertz CT molecular complexity index is 384. The molecule has 0 radical (unpaired) electrons. The average molecular weight is 248 g/mol. The summed E-state index contributed by atoms with van der Waals surface area (Å²) in [5, 5.41) is 3.57. The normalized spacial score (nSPS) is 26.9. The van der Waals surface area contributed by atoms with E-state index in [1.807, 2.05) is 12.1 Å². The fourth-order valence-corrected chi connectivity index (χ4v) is 2.89. The van der Waals surface area contributed by atoms with Crippen LogP contribution in [0.3, 0.4) is 0 Å². The van der Waals surface area contributed by atoms with Gasteiger partial charge in [0.15, 0.2) is 0 Å². The van der Waals surface area contributed by atoms with Crippen LogP contribution in [0.25, 0.3) is 0 Å². The van der Waals surface area contributed by atoms with Crippen LogP contribution in [-0.4, -0.2) is 37.2 Å². The van der Waals surface area contributed by atoms with Crippen molar-refractivity contribution in [3.05, 3.63) is 29.8 Å². The van der Waals surface area contributed by atoms with Crippen LogP contribution in [0.15, 0.2) is 24.3 Å². The van der Waals surface area contributed by atoms with Gasteiger partial charge < -0.3 is 10.1 Å². The fraction of sp³-hybridized carbons (Fsp3) is 0.600. The first-order valence-electron chi connectivity index (χ1n) is 6.74. The molecule has 0 spiro atoms. The quantitative estimate of drug-likeness (QED) is 0.889. The van der Waals surface area contributed by atoms with E-state index in [1.165, 1.54) is 5.56 Å². The lowest BCUT2D eigenvalue weighted by Crippen LogP contribution is -2.54. The van der Waals surface area contributed by atoms with E-state index in [2.05, 4.69) is 43.1 Å². The first-order chi connectivity index (χ1) is 8.61. The van der Waals surface area contributed by atoms with Crippen molar-refractivity contribution in [2.45, 2.75) is 38.9 Å². The van der Waals surface area contributed by atoms with Gasteiger partial charge in [-0.3, -0.25) is 4.90 Å². The number of hydrogen-bond donors (Lipinski definition) is 1. The number of ether oxygens (including phenoxy) is 1. The van der Waals surface area contributed by atoms with Gasteiger partial charge in [0.25, 0.3) is 0 Å². The van der Waals surface area contributed by atoms with Crippen molar-refractivity contribution in [2.75, 3.05) is 20.2 Å². The zero-order valence-electron chi connectivity index (χ0n) is 11.8. The monoisotopic (exact) mass is 248 g/mol. The van der Waals surface area contributed by atoms with Crippen LogP contribution in [0.2, 0.25) is 0 Å². The Morgan fingerprint density at radius 1 is 1.22 bits per heavy atom. The first-order valence-corrected chi connectivity index (χ1v) is 6.74. The van der Waals surface area contributed by atoms with E-state index < -0.39 is 0 Å². The molecule has 100 valence electrons. The molecule has 0 aromatic heterocycles. The minimum atomic E-state index is 0.396. The number of methoxy groups -OCH3 is 1. The van der Waals surface area contributed by atoms with Crippen molar-refractivity contribution in [3.8, 4) is 5.75 Å². The van der Waals surface area contributed by atoms with Crippen LogP contribution in [-0.2, 0) is 0 Å². The second-order valence-corrected chi connectivity index (χ2v) is 5.34. The maximum absolute atomic E-state index is 5.47. The van der Waals surface area contributed by atoms with Gasteiger partial charge in [0, 0.05) is 36.8 Å². The smallest absolute Gasteiger partial charge is 0.123 e. The molecule has 18 heavy (non-hydrogen) atoms. The molecule has 1 aromatic carbocycles. The molecule has 3 nitrogen and oxygen atoms in total. The van der Waals surface area contributed by atoms with Gasteiger partial charge in [-0.15, -0.1) is 0 Å². The first kappa shape index (κ1) is 13.4. The maximum atomic E-state index is 5.47. The predicted octanol–water partition coefficient (Wildman–Crippen LogP) is 2.44. The topological polar surface area (TPSA) is 24.5 Å². The number of nitrogens with one attached hydrogen (secondary N) is 1. The van der Waals surface area contributed by atoms with Crippen LogP contribution < -0.4 is 10.1 Å². The summed E-state index contributed by atoms with van der Waals surface area (Å²) in [6, 6.07) is 9.81. The van der Waals surface area contributed by atoms with Crippen molar-refractivity contribution in [3.63, 3.8) is 0 Å². The van der Waals surface area contributed by atoms with Crippen LogP contribution >= 0.6 is 0 Å². The summed E-state index contributed by atoms with van der Waals surface area (Å²) in [5.74, 6) is 0.990. The highest BCUT2D eigenvalue weighted by Crippen LogP contribution is 2.29. The molecule has 3 heteroatoms. The Morgan fingerprint density at radius 2 is 1.83 bits per heavy atom. The lowest BCUT2D eigenvalue weighted by molar-refractivity contribution is 0.130.